The zero-order chi connectivity index (χ0) is 19.6. The summed E-state index contributed by atoms with van der Waals surface area (Å²) in [6.07, 6.45) is 8.85. The predicted molar refractivity (Wildman–Crippen MR) is 103 cm³/mol. The lowest BCUT2D eigenvalue weighted by molar-refractivity contribution is -0.149. The number of rotatable bonds is 2. The Morgan fingerprint density at radius 1 is 1.15 bits per heavy atom. The highest BCUT2D eigenvalue weighted by Gasteiger charge is 2.61. The van der Waals surface area contributed by atoms with Crippen molar-refractivity contribution in [2.75, 3.05) is 0 Å². The first-order valence-corrected chi connectivity index (χ1v) is 10.7. The Hall–Kier alpha value is -1.16. The molecule has 0 amide bonds. The van der Waals surface area contributed by atoms with Gasteiger partial charge in [0, 0.05) is 19.3 Å². The van der Waals surface area contributed by atoms with Crippen molar-refractivity contribution in [1.29, 1.82) is 0 Å². The fourth-order valence-corrected chi connectivity index (χ4v) is 7.71. The standard InChI is InChI=1S/C23H34O4/c1-13(24)21-20(26)12-19-17-6-5-15-11-16(27-14(2)25)7-9-22(15,3)18(17)8-10-23(19,21)4/h5,16-21,26H,6-12H2,1-4H3/t16-,17+,18-,19+,20-,21-,22-,23-/m0/s1. The van der Waals surface area contributed by atoms with E-state index < -0.39 is 6.10 Å². The highest BCUT2D eigenvalue weighted by atomic mass is 16.5. The maximum Gasteiger partial charge on any atom is 0.302 e. The lowest BCUT2D eigenvalue weighted by Gasteiger charge is -2.57. The number of aliphatic hydroxyl groups is 1. The number of hydrogen-bond acceptors (Lipinski definition) is 4. The molecule has 0 aliphatic heterocycles. The summed E-state index contributed by atoms with van der Waals surface area (Å²) in [5, 5.41) is 10.7. The molecule has 4 rings (SSSR count). The van der Waals surface area contributed by atoms with E-state index in [1.807, 2.05) is 0 Å². The molecule has 0 bridgehead atoms. The Kier molecular flexibility index (Phi) is 4.57. The van der Waals surface area contributed by atoms with Crippen LogP contribution in [-0.4, -0.2) is 29.1 Å². The fraction of sp³-hybridized carbons (Fsp3) is 0.826. The number of esters is 1. The van der Waals surface area contributed by atoms with Gasteiger partial charge in [0.05, 0.1) is 6.10 Å². The van der Waals surface area contributed by atoms with Crippen molar-refractivity contribution in [2.45, 2.75) is 84.8 Å². The number of allylic oxidation sites excluding steroid dienone is 1. The van der Waals surface area contributed by atoms with Gasteiger partial charge in [-0.2, -0.15) is 0 Å². The van der Waals surface area contributed by atoms with E-state index in [1.54, 1.807) is 6.92 Å². The van der Waals surface area contributed by atoms with Gasteiger partial charge in [-0.15, -0.1) is 0 Å². The normalized spacial score (nSPS) is 48.7. The van der Waals surface area contributed by atoms with Gasteiger partial charge in [-0.3, -0.25) is 9.59 Å². The number of hydrogen-bond donors (Lipinski definition) is 1. The van der Waals surface area contributed by atoms with Gasteiger partial charge in [0.2, 0.25) is 0 Å². The van der Waals surface area contributed by atoms with Crippen molar-refractivity contribution in [2.24, 2.45) is 34.5 Å². The second-order valence-electron chi connectivity index (χ2n) is 10.2. The number of aliphatic hydroxyl groups excluding tert-OH is 1. The monoisotopic (exact) mass is 374 g/mol. The Morgan fingerprint density at radius 3 is 2.56 bits per heavy atom. The van der Waals surface area contributed by atoms with Crippen LogP contribution >= 0.6 is 0 Å². The first-order chi connectivity index (χ1) is 12.7. The van der Waals surface area contributed by atoms with Crippen molar-refractivity contribution in [3.05, 3.63) is 11.6 Å². The summed E-state index contributed by atoms with van der Waals surface area (Å²) in [7, 11) is 0. The molecule has 0 radical (unpaired) electrons. The molecule has 4 nitrogen and oxygen atoms in total. The quantitative estimate of drug-likeness (QED) is 0.585. The Labute approximate surface area is 162 Å². The molecule has 150 valence electrons. The lowest BCUT2D eigenvalue weighted by atomic mass is 9.47. The van der Waals surface area contributed by atoms with E-state index in [2.05, 4.69) is 19.9 Å². The largest absolute Gasteiger partial charge is 0.462 e. The van der Waals surface area contributed by atoms with Gasteiger partial charge < -0.3 is 9.84 Å². The zero-order valence-corrected chi connectivity index (χ0v) is 17.2. The molecular formula is C23H34O4. The molecule has 0 heterocycles. The lowest BCUT2D eigenvalue weighted by Crippen LogP contribution is -2.51. The molecule has 0 aromatic heterocycles. The third-order valence-electron chi connectivity index (χ3n) is 8.86. The van der Waals surface area contributed by atoms with Crippen LogP contribution in [0.4, 0.5) is 0 Å². The zero-order valence-electron chi connectivity index (χ0n) is 17.2. The molecular weight excluding hydrogens is 340 g/mol. The summed E-state index contributed by atoms with van der Waals surface area (Å²) in [5.41, 5.74) is 1.61. The van der Waals surface area contributed by atoms with Crippen LogP contribution in [-0.2, 0) is 14.3 Å². The van der Waals surface area contributed by atoms with Gasteiger partial charge >= 0.3 is 5.97 Å². The third-order valence-corrected chi connectivity index (χ3v) is 8.86. The molecule has 0 saturated heterocycles. The number of fused-ring (bicyclic) bond motifs is 5. The third kappa shape index (κ3) is 2.82. The van der Waals surface area contributed by atoms with Crippen molar-refractivity contribution in [3.8, 4) is 0 Å². The van der Waals surface area contributed by atoms with Crippen LogP contribution in [0.3, 0.4) is 0 Å². The summed E-state index contributed by atoms with van der Waals surface area (Å²) in [5.74, 6) is 1.39. The smallest absolute Gasteiger partial charge is 0.302 e. The average molecular weight is 375 g/mol. The number of carbonyl (C=O) groups is 2. The summed E-state index contributed by atoms with van der Waals surface area (Å²) >= 11 is 0. The minimum Gasteiger partial charge on any atom is -0.462 e. The molecule has 4 heteroatoms. The average Bonchev–Trinajstić information content (AvgIpc) is 2.85. The van der Waals surface area contributed by atoms with Crippen LogP contribution in [0.5, 0.6) is 0 Å². The second kappa shape index (κ2) is 6.43. The van der Waals surface area contributed by atoms with Gasteiger partial charge in [-0.25, -0.2) is 0 Å². The predicted octanol–water partition coefficient (Wildman–Crippen LogP) is 4.06. The topological polar surface area (TPSA) is 63.6 Å². The van der Waals surface area contributed by atoms with Crippen LogP contribution in [0.1, 0.15) is 72.6 Å². The number of Topliss-reactive ketones (excluding diaryl/α,β-unsaturated/α-hetero) is 1. The first kappa shape index (κ1) is 19.2. The fourth-order valence-electron chi connectivity index (χ4n) is 7.71. The summed E-state index contributed by atoms with van der Waals surface area (Å²) in [6, 6.07) is 0. The minimum atomic E-state index is -0.478. The maximum atomic E-state index is 12.3. The van der Waals surface area contributed by atoms with E-state index in [0.717, 1.165) is 44.9 Å². The summed E-state index contributed by atoms with van der Waals surface area (Å²) < 4.78 is 5.51. The van der Waals surface area contributed by atoms with Crippen molar-refractivity contribution in [1.82, 2.24) is 0 Å². The molecule has 27 heavy (non-hydrogen) atoms. The summed E-state index contributed by atoms with van der Waals surface area (Å²) in [6.45, 7) is 7.83. The SMILES string of the molecule is CC(=O)O[C@H]1CC[C@@]2(C)C(=CC[C@H]3[C@H]4C[C@H](O)[C@H](C(C)=O)[C@@]4(C)CC[C@@H]32)C1. The molecule has 3 fully saturated rings. The molecule has 1 N–H and O–H groups in total. The minimum absolute atomic E-state index is 0.0302. The second-order valence-corrected chi connectivity index (χ2v) is 10.2. The van der Waals surface area contributed by atoms with E-state index >= 15 is 0 Å². The van der Waals surface area contributed by atoms with Gasteiger partial charge in [-0.1, -0.05) is 25.5 Å². The first-order valence-electron chi connectivity index (χ1n) is 10.7. The van der Waals surface area contributed by atoms with Crippen LogP contribution in [0.2, 0.25) is 0 Å². The van der Waals surface area contributed by atoms with Gasteiger partial charge in [-0.05, 0) is 74.0 Å². The number of ketones is 1. The molecule has 8 atom stereocenters. The Morgan fingerprint density at radius 2 is 1.89 bits per heavy atom. The van der Waals surface area contributed by atoms with E-state index in [4.69, 9.17) is 4.74 Å². The van der Waals surface area contributed by atoms with E-state index in [-0.39, 0.29) is 34.6 Å². The molecule has 4 aliphatic rings. The van der Waals surface area contributed by atoms with Gasteiger partial charge in [0.25, 0.3) is 0 Å². The van der Waals surface area contributed by atoms with Crippen molar-refractivity contribution in [3.63, 3.8) is 0 Å². The molecule has 4 aliphatic carbocycles. The Balaban J connectivity index is 1.61. The molecule has 3 saturated carbocycles. The van der Waals surface area contributed by atoms with Crippen LogP contribution in [0.15, 0.2) is 11.6 Å². The Bertz CT molecular complexity index is 682. The highest BCUT2D eigenvalue weighted by molar-refractivity contribution is 5.80. The van der Waals surface area contributed by atoms with E-state index in [9.17, 15) is 14.7 Å². The van der Waals surface area contributed by atoms with Crippen LogP contribution in [0.25, 0.3) is 0 Å². The van der Waals surface area contributed by atoms with E-state index in [0.29, 0.717) is 17.8 Å². The summed E-state index contributed by atoms with van der Waals surface area (Å²) in [4.78, 5) is 23.6. The van der Waals surface area contributed by atoms with Crippen molar-refractivity contribution < 1.29 is 19.4 Å². The van der Waals surface area contributed by atoms with Gasteiger partial charge in [0.15, 0.2) is 0 Å². The number of carbonyl (C=O) groups excluding carboxylic acids is 2. The number of ether oxygens (including phenoxy) is 1. The van der Waals surface area contributed by atoms with Crippen LogP contribution < -0.4 is 0 Å². The highest BCUT2D eigenvalue weighted by Crippen LogP contribution is 2.66. The van der Waals surface area contributed by atoms with Gasteiger partial charge in [0.1, 0.15) is 11.9 Å². The maximum absolute atomic E-state index is 12.3. The van der Waals surface area contributed by atoms with E-state index in [1.165, 1.54) is 12.5 Å². The molecule has 0 spiro atoms. The molecule has 0 aromatic carbocycles. The molecule has 0 unspecified atom stereocenters. The molecule has 0 aromatic rings. The van der Waals surface area contributed by atoms with Crippen molar-refractivity contribution >= 4 is 11.8 Å². The van der Waals surface area contributed by atoms with Crippen LogP contribution in [0, 0.1) is 34.5 Å².